The molecule has 1 aliphatic rings. The van der Waals surface area contributed by atoms with Gasteiger partial charge in [-0.05, 0) is 31.4 Å². The van der Waals surface area contributed by atoms with Crippen LogP contribution in [0.1, 0.15) is 25.7 Å². The third-order valence-corrected chi connectivity index (χ3v) is 3.63. The molecule has 0 bridgehead atoms. The largest absolute Gasteiger partial charge is 0.371 e. The zero-order chi connectivity index (χ0) is 15.2. The number of nitrogens with two attached hydrogens (primary N) is 1. The SMILES string of the molecule is NC(=O)C(CC(=O)N1CCCCC1)Nc1ccccc1F. The molecule has 1 aromatic carbocycles. The van der Waals surface area contributed by atoms with Gasteiger partial charge in [-0.15, -0.1) is 0 Å². The molecule has 5 nitrogen and oxygen atoms in total. The lowest BCUT2D eigenvalue weighted by Gasteiger charge is -2.28. The average Bonchev–Trinajstić information content (AvgIpc) is 2.49. The van der Waals surface area contributed by atoms with E-state index in [9.17, 15) is 14.0 Å². The van der Waals surface area contributed by atoms with Crippen LogP contribution in [0.2, 0.25) is 0 Å². The molecule has 6 heteroatoms. The summed E-state index contributed by atoms with van der Waals surface area (Å²) in [5.41, 5.74) is 5.49. The Labute approximate surface area is 123 Å². The van der Waals surface area contributed by atoms with E-state index >= 15 is 0 Å². The Morgan fingerprint density at radius 1 is 1.24 bits per heavy atom. The van der Waals surface area contributed by atoms with E-state index < -0.39 is 17.8 Å². The summed E-state index contributed by atoms with van der Waals surface area (Å²) in [5, 5.41) is 2.72. The van der Waals surface area contributed by atoms with Gasteiger partial charge in [-0.25, -0.2) is 4.39 Å². The smallest absolute Gasteiger partial charge is 0.240 e. The highest BCUT2D eigenvalue weighted by Crippen LogP contribution is 2.16. The molecule has 2 rings (SSSR count). The Hall–Kier alpha value is -2.11. The first-order valence-electron chi connectivity index (χ1n) is 7.16. The number of anilines is 1. The number of likely N-dealkylation sites (tertiary alicyclic amines) is 1. The zero-order valence-corrected chi connectivity index (χ0v) is 11.8. The van der Waals surface area contributed by atoms with Crippen molar-refractivity contribution in [3.05, 3.63) is 30.1 Å². The summed E-state index contributed by atoms with van der Waals surface area (Å²) < 4.78 is 13.6. The minimum absolute atomic E-state index is 0.0519. The number of nitrogens with one attached hydrogen (secondary N) is 1. The predicted molar refractivity (Wildman–Crippen MR) is 78.1 cm³/mol. The fraction of sp³-hybridized carbons (Fsp3) is 0.467. The summed E-state index contributed by atoms with van der Waals surface area (Å²) in [6.45, 7) is 1.42. The van der Waals surface area contributed by atoms with Gasteiger partial charge in [-0.1, -0.05) is 12.1 Å². The monoisotopic (exact) mass is 293 g/mol. The van der Waals surface area contributed by atoms with Crippen molar-refractivity contribution in [3.8, 4) is 0 Å². The van der Waals surface area contributed by atoms with Crippen LogP contribution < -0.4 is 11.1 Å². The summed E-state index contributed by atoms with van der Waals surface area (Å²) >= 11 is 0. The molecule has 1 aliphatic heterocycles. The van der Waals surface area contributed by atoms with Crippen molar-refractivity contribution < 1.29 is 14.0 Å². The molecular weight excluding hydrogens is 273 g/mol. The third kappa shape index (κ3) is 4.18. The summed E-state index contributed by atoms with van der Waals surface area (Å²) in [4.78, 5) is 25.4. The minimum Gasteiger partial charge on any atom is -0.371 e. The van der Waals surface area contributed by atoms with E-state index in [0.29, 0.717) is 13.1 Å². The van der Waals surface area contributed by atoms with E-state index in [1.807, 2.05) is 0 Å². The number of piperidine rings is 1. The van der Waals surface area contributed by atoms with Gasteiger partial charge in [0.1, 0.15) is 11.9 Å². The number of rotatable bonds is 5. The molecule has 0 spiro atoms. The molecule has 3 N–H and O–H groups in total. The summed E-state index contributed by atoms with van der Waals surface area (Å²) in [6.07, 6.45) is 3.03. The molecule has 0 saturated carbocycles. The molecule has 1 fully saturated rings. The van der Waals surface area contributed by atoms with Crippen molar-refractivity contribution in [1.82, 2.24) is 4.90 Å². The van der Waals surface area contributed by atoms with Crippen molar-refractivity contribution in [2.24, 2.45) is 5.73 Å². The van der Waals surface area contributed by atoms with E-state index in [1.54, 1.807) is 17.0 Å². The third-order valence-electron chi connectivity index (χ3n) is 3.63. The fourth-order valence-electron chi connectivity index (χ4n) is 2.44. The quantitative estimate of drug-likeness (QED) is 0.863. The molecule has 0 radical (unpaired) electrons. The summed E-state index contributed by atoms with van der Waals surface area (Å²) in [6, 6.07) is 5.09. The van der Waals surface area contributed by atoms with Crippen molar-refractivity contribution in [2.75, 3.05) is 18.4 Å². The van der Waals surface area contributed by atoms with E-state index in [-0.39, 0.29) is 18.0 Å². The van der Waals surface area contributed by atoms with Gasteiger partial charge in [0.2, 0.25) is 11.8 Å². The molecule has 1 atom stereocenters. The second kappa shape index (κ2) is 7.06. The van der Waals surface area contributed by atoms with Gasteiger partial charge in [0.15, 0.2) is 0 Å². The van der Waals surface area contributed by atoms with Gasteiger partial charge in [-0.2, -0.15) is 0 Å². The number of carbonyl (C=O) groups is 2. The van der Waals surface area contributed by atoms with Crippen LogP contribution in [-0.4, -0.2) is 35.8 Å². The Morgan fingerprint density at radius 3 is 2.52 bits per heavy atom. The number of para-hydroxylation sites is 1. The molecule has 2 amide bonds. The standard InChI is InChI=1S/C15H20FN3O2/c16-11-6-2-3-7-12(11)18-13(15(17)21)10-14(20)19-8-4-1-5-9-19/h2-3,6-7,13,18H,1,4-5,8-10H2,(H2,17,21). The van der Waals surface area contributed by atoms with Crippen molar-refractivity contribution in [2.45, 2.75) is 31.7 Å². The highest BCUT2D eigenvalue weighted by atomic mass is 19.1. The first-order chi connectivity index (χ1) is 10.1. The number of amides is 2. The molecule has 1 aromatic rings. The molecule has 0 aliphatic carbocycles. The average molecular weight is 293 g/mol. The van der Waals surface area contributed by atoms with Crippen molar-refractivity contribution in [3.63, 3.8) is 0 Å². The summed E-state index contributed by atoms with van der Waals surface area (Å²) in [5.74, 6) is -1.26. The van der Waals surface area contributed by atoms with Crippen LogP contribution in [0.25, 0.3) is 0 Å². The van der Waals surface area contributed by atoms with Crippen LogP contribution >= 0.6 is 0 Å². The first-order valence-corrected chi connectivity index (χ1v) is 7.16. The number of nitrogens with zero attached hydrogens (tertiary/aromatic N) is 1. The predicted octanol–water partition coefficient (Wildman–Crippen LogP) is 1.49. The maximum atomic E-state index is 13.6. The normalized spacial score (nSPS) is 16.3. The van der Waals surface area contributed by atoms with Gasteiger partial charge >= 0.3 is 0 Å². The lowest BCUT2D eigenvalue weighted by atomic mass is 10.1. The topological polar surface area (TPSA) is 75.4 Å². The molecule has 1 unspecified atom stereocenters. The zero-order valence-electron chi connectivity index (χ0n) is 11.8. The van der Waals surface area contributed by atoms with Gasteiger partial charge in [0, 0.05) is 13.1 Å². The van der Waals surface area contributed by atoms with Crippen LogP contribution in [0.15, 0.2) is 24.3 Å². The van der Waals surface area contributed by atoms with Crippen LogP contribution in [0.3, 0.4) is 0 Å². The Morgan fingerprint density at radius 2 is 1.90 bits per heavy atom. The maximum absolute atomic E-state index is 13.6. The van der Waals surface area contributed by atoms with Gasteiger partial charge < -0.3 is 16.0 Å². The Kier molecular flexibility index (Phi) is 5.14. The van der Waals surface area contributed by atoms with Crippen molar-refractivity contribution in [1.29, 1.82) is 0 Å². The second-order valence-corrected chi connectivity index (χ2v) is 5.22. The first kappa shape index (κ1) is 15.3. The highest BCUT2D eigenvalue weighted by Gasteiger charge is 2.24. The molecule has 1 saturated heterocycles. The van der Waals surface area contributed by atoms with Gasteiger partial charge in [-0.3, -0.25) is 9.59 Å². The van der Waals surface area contributed by atoms with Crippen LogP contribution in [0, 0.1) is 5.82 Å². The number of hydrogen-bond acceptors (Lipinski definition) is 3. The molecule has 21 heavy (non-hydrogen) atoms. The lowest BCUT2D eigenvalue weighted by molar-refractivity contribution is -0.134. The second-order valence-electron chi connectivity index (χ2n) is 5.22. The number of benzene rings is 1. The van der Waals surface area contributed by atoms with E-state index in [2.05, 4.69) is 5.32 Å². The van der Waals surface area contributed by atoms with E-state index in [1.165, 1.54) is 12.1 Å². The molecule has 1 heterocycles. The lowest BCUT2D eigenvalue weighted by Crippen LogP contribution is -2.43. The minimum atomic E-state index is -0.906. The number of primary amides is 1. The van der Waals surface area contributed by atoms with Crippen LogP contribution in [0.5, 0.6) is 0 Å². The number of carbonyl (C=O) groups excluding carboxylic acids is 2. The van der Waals surface area contributed by atoms with Crippen LogP contribution in [-0.2, 0) is 9.59 Å². The van der Waals surface area contributed by atoms with Gasteiger partial charge in [0.05, 0.1) is 12.1 Å². The van der Waals surface area contributed by atoms with Gasteiger partial charge in [0.25, 0.3) is 0 Å². The van der Waals surface area contributed by atoms with Crippen molar-refractivity contribution >= 4 is 17.5 Å². The van der Waals surface area contributed by atoms with E-state index in [0.717, 1.165) is 19.3 Å². The Bertz CT molecular complexity index is 515. The molecule has 0 aromatic heterocycles. The maximum Gasteiger partial charge on any atom is 0.240 e. The highest BCUT2D eigenvalue weighted by molar-refractivity contribution is 5.89. The fourth-order valence-corrected chi connectivity index (χ4v) is 2.44. The van der Waals surface area contributed by atoms with E-state index in [4.69, 9.17) is 5.73 Å². The summed E-state index contributed by atoms with van der Waals surface area (Å²) in [7, 11) is 0. The molecular formula is C15H20FN3O2. The van der Waals surface area contributed by atoms with Crippen LogP contribution in [0.4, 0.5) is 10.1 Å². The number of hydrogen-bond donors (Lipinski definition) is 2. The Balaban J connectivity index is 2.00. The number of halogens is 1. The molecule has 114 valence electrons.